The molecule has 1 saturated carbocycles. The lowest BCUT2D eigenvalue weighted by molar-refractivity contribution is -0.122. The Morgan fingerprint density at radius 3 is 2.45 bits per heavy atom. The van der Waals surface area contributed by atoms with E-state index in [2.05, 4.69) is 31.2 Å². The lowest BCUT2D eigenvalue weighted by Crippen LogP contribution is -2.32. The van der Waals surface area contributed by atoms with E-state index in [1.165, 1.54) is 0 Å². The van der Waals surface area contributed by atoms with Crippen LogP contribution in [0.25, 0.3) is 11.1 Å². The second-order valence-corrected chi connectivity index (χ2v) is 6.97. The molecule has 1 N–H and O–H groups in total. The van der Waals surface area contributed by atoms with Crippen molar-refractivity contribution in [3.05, 3.63) is 36.5 Å². The Morgan fingerprint density at radius 1 is 1.23 bits per heavy atom. The molecule has 0 bridgehead atoms. The van der Waals surface area contributed by atoms with Gasteiger partial charge in [-0.3, -0.25) is 4.79 Å². The molecular formula is C18H23N3O. The third-order valence-electron chi connectivity index (χ3n) is 4.21. The lowest BCUT2D eigenvalue weighted by Gasteiger charge is -2.27. The number of carbonyl (C=O) groups is 1. The summed E-state index contributed by atoms with van der Waals surface area (Å²) >= 11 is 0. The number of hydrogen-bond donors (Lipinski definition) is 1. The minimum atomic E-state index is -0.185. The van der Waals surface area contributed by atoms with Crippen molar-refractivity contribution in [3.63, 3.8) is 0 Å². The second-order valence-electron chi connectivity index (χ2n) is 6.97. The standard InChI is InChI=1S/C18H23N3O/c1-18(2,3)21-16(20-17(22)14-10-7-11-14)15(12-19-21)13-8-5-4-6-9-13/h4-6,8-9,12,14H,7,10-11H2,1-3H3,(H,20,22). The van der Waals surface area contributed by atoms with Crippen molar-refractivity contribution in [2.24, 2.45) is 5.92 Å². The maximum atomic E-state index is 12.4. The molecule has 0 spiro atoms. The van der Waals surface area contributed by atoms with Crippen molar-refractivity contribution in [1.29, 1.82) is 0 Å². The second kappa shape index (κ2) is 5.59. The molecule has 22 heavy (non-hydrogen) atoms. The molecule has 2 aromatic rings. The molecule has 3 rings (SSSR count). The molecule has 0 unspecified atom stereocenters. The van der Waals surface area contributed by atoms with Gasteiger partial charge in [0, 0.05) is 11.5 Å². The van der Waals surface area contributed by atoms with Gasteiger partial charge in [0.15, 0.2) is 0 Å². The zero-order chi connectivity index (χ0) is 15.7. The highest BCUT2D eigenvalue weighted by Gasteiger charge is 2.29. The average molecular weight is 297 g/mol. The fraction of sp³-hybridized carbons (Fsp3) is 0.444. The smallest absolute Gasteiger partial charge is 0.228 e. The lowest BCUT2D eigenvalue weighted by atomic mass is 9.85. The van der Waals surface area contributed by atoms with E-state index in [-0.39, 0.29) is 17.4 Å². The van der Waals surface area contributed by atoms with Crippen molar-refractivity contribution < 1.29 is 4.79 Å². The Balaban J connectivity index is 2.00. The fourth-order valence-corrected chi connectivity index (χ4v) is 2.70. The van der Waals surface area contributed by atoms with Gasteiger partial charge in [-0.15, -0.1) is 0 Å². The Morgan fingerprint density at radius 2 is 1.91 bits per heavy atom. The van der Waals surface area contributed by atoms with Crippen molar-refractivity contribution in [3.8, 4) is 11.1 Å². The van der Waals surface area contributed by atoms with Gasteiger partial charge in [0.25, 0.3) is 0 Å². The molecule has 4 heteroatoms. The van der Waals surface area contributed by atoms with Gasteiger partial charge < -0.3 is 5.32 Å². The predicted molar refractivity (Wildman–Crippen MR) is 88.6 cm³/mol. The van der Waals surface area contributed by atoms with Crippen LogP contribution in [-0.4, -0.2) is 15.7 Å². The summed E-state index contributed by atoms with van der Waals surface area (Å²) in [7, 11) is 0. The first-order chi connectivity index (χ1) is 10.5. The molecule has 1 amide bonds. The van der Waals surface area contributed by atoms with Crippen molar-refractivity contribution in [1.82, 2.24) is 9.78 Å². The van der Waals surface area contributed by atoms with Crippen LogP contribution in [0, 0.1) is 5.92 Å². The molecule has 0 aliphatic heterocycles. The SMILES string of the molecule is CC(C)(C)n1ncc(-c2ccccc2)c1NC(=O)C1CCC1. The summed E-state index contributed by atoms with van der Waals surface area (Å²) in [5.74, 6) is 1.08. The van der Waals surface area contributed by atoms with Crippen LogP contribution in [0.15, 0.2) is 36.5 Å². The number of rotatable bonds is 3. The molecule has 1 aromatic heterocycles. The molecule has 1 fully saturated rings. The molecule has 0 saturated heterocycles. The predicted octanol–water partition coefficient (Wildman–Crippen LogP) is 4.04. The van der Waals surface area contributed by atoms with Crippen LogP contribution < -0.4 is 5.32 Å². The zero-order valence-electron chi connectivity index (χ0n) is 13.5. The van der Waals surface area contributed by atoms with Gasteiger partial charge in [0.05, 0.1) is 11.7 Å². The summed E-state index contributed by atoms with van der Waals surface area (Å²) in [4.78, 5) is 12.4. The first-order valence-electron chi connectivity index (χ1n) is 7.91. The van der Waals surface area contributed by atoms with Crippen LogP contribution in [0.2, 0.25) is 0 Å². The number of nitrogens with one attached hydrogen (secondary N) is 1. The number of aromatic nitrogens is 2. The number of carbonyl (C=O) groups excluding carboxylic acids is 1. The third-order valence-corrected chi connectivity index (χ3v) is 4.21. The van der Waals surface area contributed by atoms with E-state index in [9.17, 15) is 4.79 Å². The van der Waals surface area contributed by atoms with Crippen molar-refractivity contribution in [2.45, 2.75) is 45.6 Å². The average Bonchev–Trinajstić information content (AvgIpc) is 2.81. The highest BCUT2D eigenvalue weighted by atomic mass is 16.2. The molecule has 1 aromatic carbocycles. The first-order valence-corrected chi connectivity index (χ1v) is 7.91. The molecule has 1 aliphatic carbocycles. The normalized spacial score (nSPS) is 15.4. The zero-order valence-corrected chi connectivity index (χ0v) is 13.5. The Hall–Kier alpha value is -2.10. The van der Waals surface area contributed by atoms with Gasteiger partial charge >= 0.3 is 0 Å². The molecule has 4 nitrogen and oxygen atoms in total. The van der Waals surface area contributed by atoms with E-state index in [0.717, 1.165) is 36.2 Å². The van der Waals surface area contributed by atoms with Gasteiger partial charge in [0.2, 0.25) is 5.91 Å². The Bertz CT molecular complexity index is 663. The van der Waals surface area contributed by atoms with Crippen LogP contribution in [0.4, 0.5) is 5.82 Å². The molecule has 1 heterocycles. The van der Waals surface area contributed by atoms with E-state index >= 15 is 0 Å². The molecule has 1 aliphatic rings. The monoisotopic (exact) mass is 297 g/mol. The van der Waals surface area contributed by atoms with Crippen LogP contribution in [0.5, 0.6) is 0 Å². The van der Waals surface area contributed by atoms with Crippen LogP contribution >= 0.6 is 0 Å². The van der Waals surface area contributed by atoms with E-state index in [4.69, 9.17) is 0 Å². The van der Waals surface area contributed by atoms with E-state index < -0.39 is 0 Å². The highest BCUT2D eigenvalue weighted by Crippen LogP contribution is 2.34. The first kappa shape index (κ1) is 14.8. The van der Waals surface area contributed by atoms with Gasteiger partial charge in [0.1, 0.15) is 5.82 Å². The van der Waals surface area contributed by atoms with Crippen molar-refractivity contribution >= 4 is 11.7 Å². The van der Waals surface area contributed by atoms with Crippen molar-refractivity contribution in [2.75, 3.05) is 5.32 Å². The number of benzene rings is 1. The molecule has 0 atom stereocenters. The molecule has 116 valence electrons. The minimum absolute atomic E-state index is 0.120. The summed E-state index contributed by atoms with van der Waals surface area (Å²) in [6.07, 6.45) is 4.99. The minimum Gasteiger partial charge on any atom is -0.310 e. The summed E-state index contributed by atoms with van der Waals surface area (Å²) in [5.41, 5.74) is 1.86. The van der Waals surface area contributed by atoms with Crippen LogP contribution in [0.3, 0.4) is 0 Å². The van der Waals surface area contributed by atoms with E-state index in [1.54, 1.807) is 0 Å². The van der Waals surface area contributed by atoms with Gasteiger partial charge in [-0.1, -0.05) is 36.8 Å². The quantitative estimate of drug-likeness (QED) is 0.929. The third kappa shape index (κ3) is 2.78. The Kier molecular flexibility index (Phi) is 3.77. The fourth-order valence-electron chi connectivity index (χ4n) is 2.70. The number of anilines is 1. The maximum absolute atomic E-state index is 12.4. The largest absolute Gasteiger partial charge is 0.310 e. The topological polar surface area (TPSA) is 46.9 Å². The van der Waals surface area contributed by atoms with Gasteiger partial charge in [-0.05, 0) is 39.2 Å². The van der Waals surface area contributed by atoms with Crippen LogP contribution in [0.1, 0.15) is 40.0 Å². The highest BCUT2D eigenvalue weighted by molar-refractivity contribution is 5.96. The summed E-state index contributed by atoms with van der Waals surface area (Å²) < 4.78 is 1.91. The molecular weight excluding hydrogens is 274 g/mol. The van der Waals surface area contributed by atoms with E-state index in [0.29, 0.717) is 0 Å². The summed E-state index contributed by atoms with van der Waals surface area (Å²) in [5, 5.41) is 7.65. The molecule has 0 radical (unpaired) electrons. The number of amides is 1. The summed E-state index contributed by atoms with van der Waals surface area (Å²) in [6, 6.07) is 10.1. The summed E-state index contributed by atoms with van der Waals surface area (Å²) in [6.45, 7) is 6.27. The Labute approximate surface area is 131 Å². The van der Waals surface area contributed by atoms with E-state index in [1.807, 2.05) is 41.2 Å². The number of hydrogen-bond acceptors (Lipinski definition) is 2. The van der Waals surface area contributed by atoms with Gasteiger partial charge in [-0.25, -0.2) is 4.68 Å². The maximum Gasteiger partial charge on any atom is 0.228 e. The van der Waals surface area contributed by atoms with Crippen LogP contribution in [-0.2, 0) is 10.3 Å². The number of nitrogens with zero attached hydrogens (tertiary/aromatic N) is 2. The van der Waals surface area contributed by atoms with Gasteiger partial charge in [-0.2, -0.15) is 5.10 Å².